The zero-order valence-corrected chi connectivity index (χ0v) is 17.2. The molecule has 1 aliphatic rings. The second kappa shape index (κ2) is 10.5. The van der Waals surface area contributed by atoms with Crippen molar-refractivity contribution in [3.63, 3.8) is 0 Å². The molecule has 0 aliphatic carbocycles. The third-order valence-electron chi connectivity index (χ3n) is 4.28. The Balaban J connectivity index is 1.97. The minimum absolute atomic E-state index is 0.107. The quantitative estimate of drug-likeness (QED) is 0.540. The van der Waals surface area contributed by atoms with Gasteiger partial charge in [0.15, 0.2) is 6.29 Å². The summed E-state index contributed by atoms with van der Waals surface area (Å²) in [5.74, 6) is -0.684. The van der Waals surface area contributed by atoms with E-state index in [0.717, 1.165) is 24.8 Å². The number of methoxy groups -OCH3 is 1. The summed E-state index contributed by atoms with van der Waals surface area (Å²) in [5.41, 5.74) is 3.17. The zero-order chi connectivity index (χ0) is 20.6. The van der Waals surface area contributed by atoms with Crippen molar-refractivity contribution >= 4 is 11.9 Å². The molecule has 1 aromatic rings. The molecule has 156 valence electrons. The van der Waals surface area contributed by atoms with Crippen LogP contribution in [-0.4, -0.2) is 43.6 Å². The molecule has 0 radical (unpaired) electrons. The molecule has 1 fully saturated rings. The van der Waals surface area contributed by atoms with Crippen molar-refractivity contribution in [2.75, 3.05) is 13.7 Å². The van der Waals surface area contributed by atoms with E-state index in [1.54, 1.807) is 19.2 Å². The number of esters is 1. The lowest BCUT2D eigenvalue weighted by Gasteiger charge is -2.23. The molecule has 1 aliphatic heterocycles. The SMILES string of the molecule is COC(CC(=O)OC(C)(C)C)Cc1ccccc1C(=O)NOC1CCCCO1. The van der Waals surface area contributed by atoms with Gasteiger partial charge in [0.25, 0.3) is 5.91 Å². The highest BCUT2D eigenvalue weighted by atomic mass is 16.8. The number of hydrogen-bond donors (Lipinski definition) is 1. The Morgan fingerprint density at radius 3 is 2.64 bits per heavy atom. The Hall–Kier alpha value is -1.96. The molecule has 7 heteroatoms. The molecule has 2 atom stereocenters. The maximum atomic E-state index is 12.6. The average molecular weight is 393 g/mol. The van der Waals surface area contributed by atoms with Crippen LogP contribution in [0.5, 0.6) is 0 Å². The Kier molecular flexibility index (Phi) is 8.41. The summed E-state index contributed by atoms with van der Waals surface area (Å²) >= 11 is 0. The molecular weight excluding hydrogens is 362 g/mol. The molecule has 1 saturated heterocycles. The highest BCUT2D eigenvalue weighted by molar-refractivity contribution is 5.95. The third kappa shape index (κ3) is 7.58. The number of benzene rings is 1. The lowest BCUT2D eigenvalue weighted by molar-refractivity contribution is -0.186. The highest BCUT2D eigenvalue weighted by Crippen LogP contribution is 2.17. The van der Waals surface area contributed by atoms with E-state index in [1.807, 2.05) is 32.9 Å². The van der Waals surface area contributed by atoms with Crippen molar-refractivity contribution in [2.24, 2.45) is 0 Å². The van der Waals surface area contributed by atoms with Gasteiger partial charge in [-0.1, -0.05) is 18.2 Å². The standard InChI is InChI=1S/C21H31NO6/c1-21(2,3)27-18(23)14-16(25-4)13-15-9-5-6-10-17(15)20(24)22-28-19-11-7-8-12-26-19/h5-6,9-10,16,19H,7-8,11-14H2,1-4H3,(H,22,24). The Morgan fingerprint density at radius 2 is 2.00 bits per heavy atom. The number of carbonyl (C=O) groups excluding carboxylic acids is 2. The van der Waals surface area contributed by atoms with Crippen LogP contribution >= 0.6 is 0 Å². The predicted molar refractivity (Wildman–Crippen MR) is 104 cm³/mol. The fourth-order valence-electron chi connectivity index (χ4n) is 2.95. The molecule has 28 heavy (non-hydrogen) atoms. The maximum absolute atomic E-state index is 12.6. The summed E-state index contributed by atoms with van der Waals surface area (Å²) in [6.07, 6.45) is 2.47. The van der Waals surface area contributed by atoms with Gasteiger partial charge in [-0.15, -0.1) is 0 Å². The summed E-state index contributed by atoms with van der Waals surface area (Å²) < 4.78 is 16.3. The molecule has 2 rings (SSSR count). The topological polar surface area (TPSA) is 83.1 Å². The van der Waals surface area contributed by atoms with Crippen LogP contribution in [0.4, 0.5) is 0 Å². The number of hydrogen-bond acceptors (Lipinski definition) is 6. The van der Waals surface area contributed by atoms with Crippen LogP contribution in [0, 0.1) is 0 Å². The molecule has 7 nitrogen and oxygen atoms in total. The fraction of sp³-hybridized carbons (Fsp3) is 0.619. The molecule has 0 saturated carbocycles. The van der Waals surface area contributed by atoms with Gasteiger partial charge in [0.2, 0.25) is 0 Å². The van der Waals surface area contributed by atoms with Gasteiger partial charge in [0, 0.05) is 25.7 Å². The second-order valence-corrected chi connectivity index (χ2v) is 7.85. The molecule has 0 aromatic heterocycles. The van der Waals surface area contributed by atoms with Crippen molar-refractivity contribution in [3.8, 4) is 0 Å². The first-order valence-corrected chi connectivity index (χ1v) is 9.68. The first-order valence-electron chi connectivity index (χ1n) is 9.68. The van der Waals surface area contributed by atoms with Gasteiger partial charge in [0.1, 0.15) is 5.60 Å². The van der Waals surface area contributed by atoms with Crippen LogP contribution in [-0.2, 0) is 30.3 Å². The van der Waals surface area contributed by atoms with E-state index >= 15 is 0 Å². The van der Waals surface area contributed by atoms with Crippen LogP contribution < -0.4 is 5.48 Å². The Morgan fingerprint density at radius 1 is 1.25 bits per heavy atom. The molecule has 1 aromatic carbocycles. The monoisotopic (exact) mass is 393 g/mol. The van der Waals surface area contributed by atoms with Crippen LogP contribution in [0.2, 0.25) is 0 Å². The number of nitrogens with one attached hydrogen (secondary N) is 1. The number of amides is 1. The van der Waals surface area contributed by atoms with E-state index in [4.69, 9.17) is 19.0 Å². The fourth-order valence-corrected chi connectivity index (χ4v) is 2.95. The minimum atomic E-state index is -0.550. The molecular formula is C21H31NO6. The van der Waals surface area contributed by atoms with E-state index in [-0.39, 0.29) is 18.3 Å². The summed E-state index contributed by atoms with van der Waals surface area (Å²) in [5, 5.41) is 0. The number of ether oxygens (including phenoxy) is 3. The van der Waals surface area contributed by atoms with Crippen molar-refractivity contribution in [2.45, 2.75) is 70.9 Å². The third-order valence-corrected chi connectivity index (χ3v) is 4.28. The van der Waals surface area contributed by atoms with Crippen molar-refractivity contribution in [3.05, 3.63) is 35.4 Å². The van der Waals surface area contributed by atoms with Gasteiger partial charge in [0.05, 0.1) is 12.5 Å². The zero-order valence-electron chi connectivity index (χ0n) is 17.2. The highest BCUT2D eigenvalue weighted by Gasteiger charge is 2.23. The summed E-state index contributed by atoms with van der Waals surface area (Å²) in [7, 11) is 1.54. The van der Waals surface area contributed by atoms with E-state index in [9.17, 15) is 9.59 Å². The lowest BCUT2D eigenvalue weighted by atomic mass is 9.99. The summed E-state index contributed by atoms with van der Waals surface area (Å²) in [6, 6.07) is 7.19. The van der Waals surface area contributed by atoms with Crippen LogP contribution in [0.3, 0.4) is 0 Å². The lowest BCUT2D eigenvalue weighted by Crippen LogP contribution is -2.34. The van der Waals surface area contributed by atoms with Gasteiger partial charge in [-0.25, -0.2) is 10.3 Å². The van der Waals surface area contributed by atoms with Gasteiger partial charge in [-0.2, -0.15) is 0 Å². The number of hydroxylamine groups is 1. The number of rotatable bonds is 8. The van der Waals surface area contributed by atoms with Gasteiger partial charge in [-0.3, -0.25) is 9.59 Å². The van der Waals surface area contributed by atoms with E-state index in [1.165, 1.54) is 0 Å². The molecule has 0 bridgehead atoms. The Bertz CT molecular complexity index is 649. The normalized spacial score (nSPS) is 18.4. The van der Waals surface area contributed by atoms with E-state index in [0.29, 0.717) is 18.6 Å². The second-order valence-electron chi connectivity index (χ2n) is 7.85. The number of carbonyl (C=O) groups is 2. The summed E-state index contributed by atoms with van der Waals surface area (Å²) in [4.78, 5) is 30.0. The van der Waals surface area contributed by atoms with Gasteiger partial charge < -0.3 is 14.2 Å². The van der Waals surface area contributed by atoms with E-state index < -0.39 is 18.0 Å². The summed E-state index contributed by atoms with van der Waals surface area (Å²) in [6.45, 7) is 6.10. The first-order chi connectivity index (χ1) is 13.3. The molecule has 0 spiro atoms. The smallest absolute Gasteiger partial charge is 0.308 e. The molecule has 1 N–H and O–H groups in total. The van der Waals surface area contributed by atoms with Crippen LogP contribution in [0.15, 0.2) is 24.3 Å². The van der Waals surface area contributed by atoms with Crippen molar-refractivity contribution < 1.29 is 28.6 Å². The largest absolute Gasteiger partial charge is 0.460 e. The van der Waals surface area contributed by atoms with Crippen LogP contribution in [0.25, 0.3) is 0 Å². The molecule has 1 amide bonds. The maximum Gasteiger partial charge on any atom is 0.308 e. The minimum Gasteiger partial charge on any atom is -0.460 e. The molecule has 2 unspecified atom stereocenters. The predicted octanol–water partition coefficient (Wildman–Crippen LogP) is 3.16. The average Bonchev–Trinajstić information content (AvgIpc) is 2.65. The van der Waals surface area contributed by atoms with Crippen molar-refractivity contribution in [1.29, 1.82) is 0 Å². The van der Waals surface area contributed by atoms with Crippen molar-refractivity contribution in [1.82, 2.24) is 5.48 Å². The first kappa shape index (κ1) is 22.3. The molecule has 1 heterocycles. The van der Waals surface area contributed by atoms with Gasteiger partial charge >= 0.3 is 5.97 Å². The Labute approximate surface area is 166 Å². The van der Waals surface area contributed by atoms with Crippen LogP contribution in [0.1, 0.15) is 62.4 Å². The van der Waals surface area contributed by atoms with Gasteiger partial charge in [-0.05, 0) is 51.7 Å². The van der Waals surface area contributed by atoms with E-state index in [2.05, 4.69) is 5.48 Å².